The lowest BCUT2D eigenvalue weighted by Gasteiger charge is -2.03. The summed E-state index contributed by atoms with van der Waals surface area (Å²) in [7, 11) is 0. The van der Waals surface area contributed by atoms with Crippen LogP contribution in [-0.2, 0) is 0 Å². The molecule has 0 atom stereocenters. The lowest BCUT2D eigenvalue weighted by molar-refractivity contribution is 0.445. The Morgan fingerprint density at radius 3 is 1.50 bits per heavy atom. The van der Waals surface area contributed by atoms with Crippen molar-refractivity contribution >= 4 is 11.6 Å². The first-order valence-corrected chi connectivity index (χ1v) is 3.32. The van der Waals surface area contributed by atoms with Crippen molar-refractivity contribution in [2.24, 2.45) is 0 Å². The molecule has 12 heavy (non-hydrogen) atoms. The molecule has 66 valence electrons. The normalized spacial score (nSPS) is 10.5. The summed E-state index contributed by atoms with van der Waals surface area (Å²) in [5, 5.41) is -1.16. The average molecular weight is 199 g/mol. The van der Waals surface area contributed by atoms with Gasteiger partial charge in [0.1, 0.15) is 5.02 Å². The minimum atomic E-state index is -1.56. The van der Waals surface area contributed by atoms with E-state index in [1.807, 2.05) is 0 Å². The highest BCUT2D eigenvalue weighted by Crippen LogP contribution is 2.26. The molecule has 1 aromatic rings. The minimum absolute atomic E-state index is 0.714. The zero-order valence-corrected chi connectivity index (χ0v) is 6.65. The van der Waals surface area contributed by atoms with E-state index in [0.717, 1.165) is 6.92 Å². The van der Waals surface area contributed by atoms with E-state index in [-0.39, 0.29) is 0 Å². The molecular formula is C7H3ClF4. The van der Waals surface area contributed by atoms with Gasteiger partial charge in [-0.2, -0.15) is 0 Å². The molecule has 0 N–H and O–H groups in total. The number of halogens is 5. The summed E-state index contributed by atoms with van der Waals surface area (Å²) < 4.78 is 50.2. The van der Waals surface area contributed by atoms with Gasteiger partial charge in [0, 0.05) is 5.56 Å². The van der Waals surface area contributed by atoms with E-state index in [0.29, 0.717) is 0 Å². The second-order valence-electron chi connectivity index (χ2n) is 2.19. The molecule has 0 saturated heterocycles. The van der Waals surface area contributed by atoms with Gasteiger partial charge in [0.05, 0.1) is 0 Å². The highest BCUT2D eigenvalue weighted by atomic mass is 35.5. The summed E-state index contributed by atoms with van der Waals surface area (Å²) >= 11 is 4.93. The molecule has 0 fully saturated rings. The lowest BCUT2D eigenvalue weighted by Crippen LogP contribution is -1.99. The average Bonchev–Trinajstić information content (AvgIpc) is 2.08. The van der Waals surface area contributed by atoms with Crippen LogP contribution in [0.15, 0.2) is 0 Å². The molecule has 0 amide bonds. The van der Waals surface area contributed by atoms with Gasteiger partial charge in [-0.1, -0.05) is 11.6 Å². The fourth-order valence-corrected chi connectivity index (χ4v) is 0.881. The fraction of sp³-hybridized carbons (Fsp3) is 0.143. The summed E-state index contributed by atoms with van der Waals surface area (Å²) in [5.41, 5.74) is -0.714. The van der Waals surface area contributed by atoms with E-state index in [1.54, 1.807) is 0 Å². The van der Waals surface area contributed by atoms with Crippen LogP contribution >= 0.6 is 11.6 Å². The van der Waals surface area contributed by atoms with Gasteiger partial charge >= 0.3 is 0 Å². The Hall–Kier alpha value is -0.770. The van der Waals surface area contributed by atoms with E-state index in [1.165, 1.54) is 0 Å². The predicted octanol–water partition coefficient (Wildman–Crippen LogP) is 3.20. The monoisotopic (exact) mass is 198 g/mol. The molecule has 1 rings (SSSR count). The Morgan fingerprint density at radius 2 is 1.17 bits per heavy atom. The Labute approximate surface area is 70.8 Å². The zero-order valence-electron chi connectivity index (χ0n) is 5.89. The molecule has 0 aromatic heterocycles. The first-order chi connectivity index (χ1) is 5.46. The van der Waals surface area contributed by atoms with Gasteiger partial charge < -0.3 is 0 Å². The third-order valence-corrected chi connectivity index (χ3v) is 1.76. The van der Waals surface area contributed by atoms with Gasteiger partial charge in [0.25, 0.3) is 0 Å². The van der Waals surface area contributed by atoms with Crippen molar-refractivity contribution in [3.8, 4) is 0 Å². The predicted molar refractivity (Wildman–Crippen MR) is 36.0 cm³/mol. The molecule has 0 spiro atoms. The number of hydrogen-bond donors (Lipinski definition) is 0. The molecule has 1 aromatic carbocycles. The van der Waals surface area contributed by atoms with Crippen molar-refractivity contribution < 1.29 is 17.6 Å². The molecule has 0 aliphatic carbocycles. The van der Waals surface area contributed by atoms with Gasteiger partial charge in [-0.05, 0) is 6.92 Å². The van der Waals surface area contributed by atoms with Crippen LogP contribution < -0.4 is 0 Å². The number of benzene rings is 1. The number of rotatable bonds is 0. The standard InChI is InChI=1S/C7H3ClF4/c1-2-4(9)6(11)3(8)7(12)5(2)10/h1H3. The van der Waals surface area contributed by atoms with Gasteiger partial charge in [0.2, 0.25) is 0 Å². The molecular weight excluding hydrogens is 196 g/mol. The van der Waals surface area contributed by atoms with E-state index in [2.05, 4.69) is 0 Å². The molecule has 0 heterocycles. The molecule has 0 bridgehead atoms. The topological polar surface area (TPSA) is 0 Å². The Kier molecular flexibility index (Phi) is 2.28. The van der Waals surface area contributed by atoms with E-state index in [9.17, 15) is 17.6 Å². The summed E-state index contributed by atoms with van der Waals surface area (Å²) in [4.78, 5) is 0. The second kappa shape index (κ2) is 2.94. The van der Waals surface area contributed by atoms with Crippen LogP contribution in [0, 0.1) is 30.2 Å². The van der Waals surface area contributed by atoms with Crippen molar-refractivity contribution in [2.75, 3.05) is 0 Å². The fourth-order valence-electron chi connectivity index (χ4n) is 0.715. The van der Waals surface area contributed by atoms with Gasteiger partial charge in [-0.15, -0.1) is 0 Å². The van der Waals surface area contributed by atoms with E-state index in [4.69, 9.17) is 11.6 Å². The van der Waals surface area contributed by atoms with Crippen LogP contribution in [0.5, 0.6) is 0 Å². The molecule has 5 heteroatoms. The molecule has 0 aliphatic heterocycles. The van der Waals surface area contributed by atoms with Crippen LogP contribution in [0.2, 0.25) is 5.02 Å². The summed E-state index contributed by atoms with van der Waals surface area (Å²) in [6, 6.07) is 0. The van der Waals surface area contributed by atoms with Crippen LogP contribution in [0.3, 0.4) is 0 Å². The first-order valence-electron chi connectivity index (χ1n) is 2.94. The maximum atomic E-state index is 12.6. The highest BCUT2D eigenvalue weighted by molar-refractivity contribution is 6.30. The minimum Gasteiger partial charge on any atom is -0.203 e. The van der Waals surface area contributed by atoms with E-state index < -0.39 is 33.9 Å². The largest absolute Gasteiger partial charge is 0.203 e. The quantitative estimate of drug-likeness (QED) is 0.341. The first kappa shape index (κ1) is 9.32. The van der Waals surface area contributed by atoms with Crippen molar-refractivity contribution in [3.05, 3.63) is 33.9 Å². The number of hydrogen-bond acceptors (Lipinski definition) is 0. The van der Waals surface area contributed by atoms with Gasteiger partial charge in [-0.25, -0.2) is 17.6 Å². The van der Waals surface area contributed by atoms with Crippen molar-refractivity contribution in [1.82, 2.24) is 0 Å². The van der Waals surface area contributed by atoms with Crippen LogP contribution in [-0.4, -0.2) is 0 Å². The van der Waals surface area contributed by atoms with Crippen LogP contribution in [0.4, 0.5) is 17.6 Å². The lowest BCUT2D eigenvalue weighted by atomic mass is 10.2. The van der Waals surface area contributed by atoms with Crippen molar-refractivity contribution in [3.63, 3.8) is 0 Å². The SMILES string of the molecule is Cc1c(F)c(F)c(Cl)c(F)c1F. The molecule has 0 nitrogen and oxygen atoms in total. The van der Waals surface area contributed by atoms with Gasteiger partial charge in [-0.3, -0.25) is 0 Å². The summed E-state index contributed by atoms with van der Waals surface area (Å²) in [6.07, 6.45) is 0. The zero-order chi connectivity index (χ0) is 9.46. The highest BCUT2D eigenvalue weighted by Gasteiger charge is 2.21. The van der Waals surface area contributed by atoms with Crippen molar-refractivity contribution in [2.45, 2.75) is 6.92 Å². The third kappa shape index (κ3) is 1.16. The molecule has 0 saturated carbocycles. The van der Waals surface area contributed by atoms with Crippen LogP contribution in [0.25, 0.3) is 0 Å². The Bertz CT molecular complexity index is 230. The summed E-state index contributed by atoms with van der Waals surface area (Å²) in [6.45, 7) is 0.924. The van der Waals surface area contributed by atoms with Gasteiger partial charge in [0.15, 0.2) is 23.3 Å². The maximum absolute atomic E-state index is 12.6. The Balaban J connectivity index is 3.60. The second-order valence-corrected chi connectivity index (χ2v) is 2.57. The third-order valence-electron chi connectivity index (χ3n) is 1.43. The Morgan fingerprint density at radius 1 is 0.833 bits per heavy atom. The summed E-state index contributed by atoms with van der Waals surface area (Å²) in [5.74, 6) is -6.04. The van der Waals surface area contributed by atoms with Crippen LogP contribution in [0.1, 0.15) is 5.56 Å². The molecule has 0 unspecified atom stereocenters. The van der Waals surface area contributed by atoms with Crippen molar-refractivity contribution in [1.29, 1.82) is 0 Å². The van der Waals surface area contributed by atoms with E-state index >= 15 is 0 Å². The molecule has 0 aliphatic rings. The maximum Gasteiger partial charge on any atom is 0.180 e. The molecule has 0 radical (unpaired) electrons. The smallest absolute Gasteiger partial charge is 0.180 e.